The number of amides is 1. The molecule has 2 N–H and O–H groups in total. The molecule has 0 spiro atoms. The molecule has 160 valence electrons. The van der Waals surface area contributed by atoms with Crippen molar-refractivity contribution >= 4 is 17.5 Å². The Bertz CT molecular complexity index is 1210. The van der Waals surface area contributed by atoms with E-state index in [9.17, 15) is 9.18 Å². The van der Waals surface area contributed by atoms with Crippen molar-refractivity contribution in [3.05, 3.63) is 108 Å². The first-order valence-corrected chi connectivity index (χ1v) is 10.3. The third-order valence-corrected chi connectivity index (χ3v) is 5.14. The number of hydrogen-bond acceptors (Lipinski definition) is 4. The van der Waals surface area contributed by atoms with Crippen molar-refractivity contribution in [3.63, 3.8) is 0 Å². The van der Waals surface area contributed by atoms with Gasteiger partial charge in [-0.2, -0.15) is 0 Å². The Hall–Kier alpha value is -4.06. The van der Waals surface area contributed by atoms with Gasteiger partial charge in [-0.25, -0.2) is 14.4 Å². The van der Waals surface area contributed by atoms with E-state index in [4.69, 9.17) is 0 Å². The molecule has 0 aliphatic carbocycles. The highest BCUT2D eigenvalue weighted by molar-refractivity contribution is 5.95. The number of anilines is 2. The van der Waals surface area contributed by atoms with E-state index in [0.29, 0.717) is 17.2 Å². The number of benzene rings is 3. The summed E-state index contributed by atoms with van der Waals surface area (Å²) in [7, 11) is 0. The maximum atomic E-state index is 13.1. The summed E-state index contributed by atoms with van der Waals surface area (Å²) in [5, 5.41) is 6.14. The first-order valence-electron chi connectivity index (χ1n) is 10.3. The maximum Gasteiger partial charge on any atom is 0.251 e. The summed E-state index contributed by atoms with van der Waals surface area (Å²) >= 11 is 0. The van der Waals surface area contributed by atoms with E-state index in [1.807, 2.05) is 44.2 Å². The molecule has 6 heteroatoms. The van der Waals surface area contributed by atoms with Gasteiger partial charge in [0.05, 0.1) is 6.04 Å². The summed E-state index contributed by atoms with van der Waals surface area (Å²) in [6.45, 7) is 3.99. The fourth-order valence-electron chi connectivity index (χ4n) is 3.27. The number of carbonyl (C=O) groups is 1. The zero-order valence-corrected chi connectivity index (χ0v) is 17.8. The molecule has 1 amide bonds. The number of aromatic nitrogens is 2. The summed E-state index contributed by atoms with van der Waals surface area (Å²) in [6, 6.07) is 21.3. The second kappa shape index (κ2) is 9.39. The standard InChI is InChI=1S/C26H23FN4O/c1-17-6-8-19(9-7-17)18(2)30-25(32)21-4-3-5-24(14-21)31-26-28-15-22(16-29-26)20-10-12-23(27)13-11-20/h3-16,18H,1-2H3,(H,30,32)(H,28,29,31)/t18-/m1/s1. The van der Waals surface area contributed by atoms with Gasteiger partial charge in [0.25, 0.3) is 5.91 Å². The number of halogens is 1. The van der Waals surface area contributed by atoms with Crippen LogP contribution in [-0.4, -0.2) is 15.9 Å². The van der Waals surface area contributed by atoms with E-state index >= 15 is 0 Å². The number of hydrogen-bond donors (Lipinski definition) is 2. The Kier molecular flexibility index (Phi) is 6.22. The van der Waals surface area contributed by atoms with Crippen LogP contribution in [0, 0.1) is 12.7 Å². The Morgan fingerprint density at radius 1 is 0.906 bits per heavy atom. The molecule has 0 radical (unpaired) electrons. The van der Waals surface area contributed by atoms with E-state index < -0.39 is 0 Å². The lowest BCUT2D eigenvalue weighted by Crippen LogP contribution is -2.26. The molecule has 4 aromatic rings. The zero-order chi connectivity index (χ0) is 22.5. The predicted octanol–water partition coefficient (Wildman–Crippen LogP) is 5.83. The molecule has 5 nitrogen and oxygen atoms in total. The third kappa shape index (κ3) is 5.16. The fourth-order valence-corrected chi connectivity index (χ4v) is 3.27. The SMILES string of the molecule is Cc1ccc([C@@H](C)NC(=O)c2cccc(Nc3ncc(-c4ccc(F)cc4)cn3)c2)cc1. The normalized spacial score (nSPS) is 11.6. The van der Waals surface area contributed by atoms with Crippen molar-refractivity contribution in [2.24, 2.45) is 0 Å². The second-order valence-electron chi connectivity index (χ2n) is 7.61. The van der Waals surface area contributed by atoms with Crippen LogP contribution in [0.5, 0.6) is 0 Å². The van der Waals surface area contributed by atoms with Crippen molar-refractivity contribution in [1.82, 2.24) is 15.3 Å². The molecule has 0 saturated carbocycles. The predicted molar refractivity (Wildman–Crippen MR) is 124 cm³/mol. The minimum absolute atomic E-state index is 0.109. The van der Waals surface area contributed by atoms with Crippen molar-refractivity contribution in [3.8, 4) is 11.1 Å². The molecule has 32 heavy (non-hydrogen) atoms. The first-order chi connectivity index (χ1) is 15.5. The van der Waals surface area contributed by atoms with Gasteiger partial charge in [0.15, 0.2) is 0 Å². The van der Waals surface area contributed by atoms with E-state index in [2.05, 4.69) is 20.6 Å². The minimum atomic E-state index is -0.287. The van der Waals surface area contributed by atoms with E-state index in [-0.39, 0.29) is 17.8 Å². The van der Waals surface area contributed by atoms with Crippen molar-refractivity contribution in [2.75, 3.05) is 5.32 Å². The topological polar surface area (TPSA) is 66.9 Å². The summed E-state index contributed by atoms with van der Waals surface area (Å²) in [5.74, 6) is -0.0409. The quantitative estimate of drug-likeness (QED) is 0.407. The Labute approximate surface area is 186 Å². The lowest BCUT2D eigenvalue weighted by molar-refractivity contribution is 0.0940. The molecule has 1 heterocycles. The molecule has 0 fully saturated rings. The molecule has 0 aliphatic rings. The average molecular weight is 426 g/mol. The smallest absolute Gasteiger partial charge is 0.251 e. The molecule has 1 aromatic heterocycles. The van der Waals surface area contributed by atoms with Crippen LogP contribution in [0.25, 0.3) is 11.1 Å². The van der Waals surface area contributed by atoms with E-state index in [1.165, 1.54) is 17.7 Å². The largest absolute Gasteiger partial charge is 0.346 e. The van der Waals surface area contributed by atoms with Gasteiger partial charge in [0.1, 0.15) is 5.82 Å². The molecular formula is C26H23FN4O. The van der Waals surface area contributed by atoms with Crippen LogP contribution in [0.2, 0.25) is 0 Å². The van der Waals surface area contributed by atoms with Gasteiger partial charge in [-0.1, -0.05) is 48.0 Å². The summed E-state index contributed by atoms with van der Waals surface area (Å²) in [6.07, 6.45) is 3.34. The molecule has 4 rings (SSSR count). The van der Waals surface area contributed by atoms with E-state index in [1.54, 1.807) is 42.7 Å². The molecule has 1 atom stereocenters. The number of nitrogens with one attached hydrogen (secondary N) is 2. The first kappa shape index (κ1) is 21.2. The summed E-state index contributed by atoms with van der Waals surface area (Å²) < 4.78 is 13.1. The number of nitrogens with zero attached hydrogens (tertiary/aromatic N) is 2. The van der Waals surface area contributed by atoms with Gasteiger partial charge < -0.3 is 10.6 Å². The molecule has 0 unspecified atom stereocenters. The lowest BCUT2D eigenvalue weighted by Gasteiger charge is -2.15. The van der Waals surface area contributed by atoms with Crippen molar-refractivity contribution in [1.29, 1.82) is 0 Å². The van der Waals surface area contributed by atoms with Gasteiger partial charge in [0, 0.05) is 29.2 Å². The van der Waals surface area contributed by atoms with Crippen LogP contribution in [0.15, 0.2) is 85.2 Å². The number of rotatable bonds is 6. The minimum Gasteiger partial charge on any atom is -0.346 e. The zero-order valence-electron chi connectivity index (χ0n) is 17.8. The van der Waals surface area contributed by atoms with Crippen molar-refractivity contribution < 1.29 is 9.18 Å². The van der Waals surface area contributed by atoms with Crippen LogP contribution in [0.4, 0.5) is 16.0 Å². The highest BCUT2D eigenvalue weighted by atomic mass is 19.1. The van der Waals surface area contributed by atoms with Crippen LogP contribution < -0.4 is 10.6 Å². The highest BCUT2D eigenvalue weighted by Gasteiger charge is 2.12. The molecule has 0 aliphatic heterocycles. The third-order valence-electron chi connectivity index (χ3n) is 5.14. The Morgan fingerprint density at radius 3 is 2.28 bits per heavy atom. The summed E-state index contributed by atoms with van der Waals surface area (Å²) in [5.41, 5.74) is 5.09. The van der Waals surface area contributed by atoms with Gasteiger partial charge >= 0.3 is 0 Å². The Morgan fingerprint density at radius 2 is 1.59 bits per heavy atom. The van der Waals surface area contributed by atoms with Gasteiger partial charge in [-0.3, -0.25) is 4.79 Å². The second-order valence-corrected chi connectivity index (χ2v) is 7.61. The average Bonchev–Trinajstić information content (AvgIpc) is 2.81. The molecule has 3 aromatic carbocycles. The molecule has 0 saturated heterocycles. The number of aryl methyl sites for hydroxylation is 1. The van der Waals surface area contributed by atoms with Gasteiger partial charge in [0.2, 0.25) is 5.95 Å². The fraction of sp³-hybridized carbons (Fsp3) is 0.115. The van der Waals surface area contributed by atoms with Gasteiger partial charge in [-0.05, 0) is 55.3 Å². The van der Waals surface area contributed by atoms with Crippen LogP contribution >= 0.6 is 0 Å². The highest BCUT2D eigenvalue weighted by Crippen LogP contribution is 2.21. The number of carbonyl (C=O) groups excluding carboxylic acids is 1. The molecular weight excluding hydrogens is 403 g/mol. The van der Waals surface area contributed by atoms with Crippen LogP contribution in [0.3, 0.4) is 0 Å². The van der Waals surface area contributed by atoms with Crippen LogP contribution in [0.1, 0.15) is 34.5 Å². The maximum absolute atomic E-state index is 13.1. The monoisotopic (exact) mass is 426 g/mol. The van der Waals surface area contributed by atoms with Crippen LogP contribution in [-0.2, 0) is 0 Å². The van der Waals surface area contributed by atoms with Gasteiger partial charge in [-0.15, -0.1) is 0 Å². The Balaban J connectivity index is 1.42. The van der Waals surface area contributed by atoms with Crippen molar-refractivity contribution in [2.45, 2.75) is 19.9 Å². The van der Waals surface area contributed by atoms with E-state index in [0.717, 1.165) is 16.7 Å². The molecule has 0 bridgehead atoms. The lowest BCUT2D eigenvalue weighted by atomic mass is 10.1. The summed E-state index contributed by atoms with van der Waals surface area (Å²) in [4.78, 5) is 21.4.